The van der Waals surface area contributed by atoms with Gasteiger partial charge in [0.2, 0.25) is 0 Å². The Hall–Kier alpha value is -0.610. The van der Waals surface area contributed by atoms with Crippen molar-refractivity contribution in [2.75, 3.05) is 0 Å². The predicted molar refractivity (Wildman–Crippen MR) is 41.3 cm³/mol. The Morgan fingerprint density at radius 1 is 1.67 bits per heavy atom. The van der Waals surface area contributed by atoms with Crippen LogP contribution in [0.1, 0.15) is 26.7 Å². The highest BCUT2D eigenvalue weighted by molar-refractivity contribution is 5.66. The van der Waals surface area contributed by atoms with E-state index in [0.29, 0.717) is 6.42 Å². The molecule has 4 heteroatoms. The zero-order valence-electron chi connectivity index (χ0n) is 7.32. The molecule has 1 rings (SSSR count). The number of aliphatic hydroxyl groups excluding tert-OH is 1. The molecule has 0 aromatic carbocycles. The monoisotopic (exact) mass is 174 g/mol. The molecular formula is C8H14O4. The lowest BCUT2D eigenvalue weighted by Gasteiger charge is -2.18. The Bertz CT molecular complexity index is 168. The summed E-state index contributed by atoms with van der Waals surface area (Å²) in [7, 11) is 0. The summed E-state index contributed by atoms with van der Waals surface area (Å²) in [5.41, 5.74) is 0. The molecule has 0 saturated carbocycles. The van der Waals surface area contributed by atoms with Crippen molar-refractivity contribution in [3.63, 3.8) is 0 Å². The molecule has 3 unspecified atom stereocenters. The fourth-order valence-corrected chi connectivity index (χ4v) is 1.33. The SMILES string of the molecule is CC(=O)OC(C)C1CCC(O)O1. The largest absolute Gasteiger partial charge is 0.460 e. The summed E-state index contributed by atoms with van der Waals surface area (Å²) in [6.07, 6.45) is 0.267. The van der Waals surface area contributed by atoms with Crippen molar-refractivity contribution >= 4 is 5.97 Å². The van der Waals surface area contributed by atoms with Gasteiger partial charge in [0.1, 0.15) is 6.10 Å². The van der Waals surface area contributed by atoms with Crippen LogP contribution >= 0.6 is 0 Å². The lowest BCUT2D eigenvalue weighted by molar-refractivity contribution is -0.161. The molecule has 1 aliphatic heterocycles. The first-order valence-electron chi connectivity index (χ1n) is 4.10. The smallest absolute Gasteiger partial charge is 0.302 e. The second-order valence-electron chi connectivity index (χ2n) is 3.02. The molecule has 12 heavy (non-hydrogen) atoms. The second kappa shape index (κ2) is 3.87. The molecule has 0 radical (unpaired) electrons. The van der Waals surface area contributed by atoms with Crippen LogP contribution in [0, 0.1) is 0 Å². The van der Waals surface area contributed by atoms with E-state index in [0.717, 1.165) is 6.42 Å². The summed E-state index contributed by atoms with van der Waals surface area (Å²) in [6.45, 7) is 3.13. The van der Waals surface area contributed by atoms with Gasteiger partial charge in [-0.25, -0.2) is 0 Å². The molecule has 70 valence electrons. The molecule has 0 aromatic heterocycles. The van der Waals surface area contributed by atoms with Crippen LogP contribution in [0.15, 0.2) is 0 Å². The first-order chi connectivity index (χ1) is 5.59. The van der Waals surface area contributed by atoms with Gasteiger partial charge >= 0.3 is 5.97 Å². The van der Waals surface area contributed by atoms with Crippen molar-refractivity contribution in [2.24, 2.45) is 0 Å². The van der Waals surface area contributed by atoms with E-state index in [2.05, 4.69) is 0 Å². The number of hydrogen-bond donors (Lipinski definition) is 1. The number of aliphatic hydroxyl groups is 1. The van der Waals surface area contributed by atoms with E-state index >= 15 is 0 Å². The molecule has 1 N–H and O–H groups in total. The van der Waals surface area contributed by atoms with Crippen LogP contribution < -0.4 is 0 Å². The molecular weight excluding hydrogens is 160 g/mol. The highest BCUT2D eigenvalue weighted by Gasteiger charge is 2.29. The van der Waals surface area contributed by atoms with E-state index in [9.17, 15) is 4.79 Å². The van der Waals surface area contributed by atoms with Gasteiger partial charge in [-0.3, -0.25) is 4.79 Å². The van der Waals surface area contributed by atoms with Crippen molar-refractivity contribution in [1.29, 1.82) is 0 Å². The standard InChI is InChI=1S/C8H14O4/c1-5(11-6(2)9)7-3-4-8(10)12-7/h5,7-8,10H,3-4H2,1-2H3. The number of hydrogen-bond acceptors (Lipinski definition) is 4. The minimum Gasteiger partial charge on any atom is -0.460 e. The highest BCUT2D eigenvalue weighted by Crippen LogP contribution is 2.21. The molecule has 0 aliphatic carbocycles. The molecule has 0 aromatic rings. The second-order valence-corrected chi connectivity index (χ2v) is 3.02. The molecule has 1 saturated heterocycles. The zero-order chi connectivity index (χ0) is 9.14. The Morgan fingerprint density at radius 3 is 2.75 bits per heavy atom. The predicted octanol–water partition coefficient (Wildman–Crippen LogP) is 0.435. The van der Waals surface area contributed by atoms with Gasteiger partial charge in [0, 0.05) is 13.3 Å². The van der Waals surface area contributed by atoms with E-state index in [1.165, 1.54) is 6.92 Å². The minimum atomic E-state index is -0.687. The molecule has 0 spiro atoms. The number of carbonyl (C=O) groups is 1. The van der Waals surface area contributed by atoms with Gasteiger partial charge in [0.15, 0.2) is 6.29 Å². The van der Waals surface area contributed by atoms with Gasteiger partial charge in [0.05, 0.1) is 6.10 Å². The molecule has 4 nitrogen and oxygen atoms in total. The number of carbonyl (C=O) groups excluding carboxylic acids is 1. The lowest BCUT2D eigenvalue weighted by atomic mass is 10.1. The van der Waals surface area contributed by atoms with Crippen molar-refractivity contribution in [3.05, 3.63) is 0 Å². The number of ether oxygens (including phenoxy) is 2. The first kappa shape index (κ1) is 9.48. The third kappa shape index (κ3) is 2.46. The fraction of sp³-hybridized carbons (Fsp3) is 0.875. The Kier molecular flexibility index (Phi) is 3.05. The van der Waals surface area contributed by atoms with E-state index < -0.39 is 6.29 Å². The van der Waals surface area contributed by atoms with E-state index in [-0.39, 0.29) is 18.2 Å². The summed E-state index contributed by atoms with van der Waals surface area (Å²) >= 11 is 0. The first-order valence-corrected chi connectivity index (χ1v) is 4.10. The van der Waals surface area contributed by atoms with Crippen molar-refractivity contribution in [1.82, 2.24) is 0 Å². The molecule has 0 bridgehead atoms. The summed E-state index contributed by atoms with van der Waals surface area (Å²) in [4.78, 5) is 10.6. The maximum absolute atomic E-state index is 10.6. The average molecular weight is 174 g/mol. The third-order valence-electron chi connectivity index (χ3n) is 1.91. The Morgan fingerprint density at radius 2 is 2.33 bits per heavy atom. The fourth-order valence-electron chi connectivity index (χ4n) is 1.33. The van der Waals surface area contributed by atoms with Gasteiger partial charge < -0.3 is 14.6 Å². The molecule has 0 amide bonds. The topological polar surface area (TPSA) is 55.8 Å². The van der Waals surface area contributed by atoms with Crippen LogP contribution in [0.3, 0.4) is 0 Å². The van der Waals surface area contributed by atoms with Gasteiger partial charge in [0.25, 0.3) is 0 Å². The number of rotatable bonds is 2. The van der Waals surface area contributed by atoms with Gasteiger partial charge in [-0.05, 0) is 13.3 Å². The van der Waals surface area contributed by atoms with Crippen LogP contribution in [0.2, 0.25) is 0 Å². The normalized spacial score (nSPS) is 31.6. The number of esters is 1. The van der Waals surface area contributed by atoms with E-state index in [4.69, 9.17) is 14.6 Å². The summed E-state index contributed by atoms with van der Waals surface area (Å²) in [5, 5.41) is 9.02. The summed E-state index contributed by atoms with van der Waals surface area (Å²) in [5.74, 6) is -0.313. The third-order valence-corrected chi connectivity index (χ3v) is 1.91. The van der Waals surface area contributed by atoms with E-state index in [1.54, 1.807) is 6.92 Å². The van der Waals surface area contributed by atoms with Gasteiger partial charge in [-0.2, -0.15) is 0 Å². The van der Waals surface area contributed by atoms with Crippen molar-refractivity contribution < 1.29 is 19.4 Å². The lowest BCUT2D eigenvalue weighted by Crippen LogP contribution is -2.28. The van der Waals surface area contributed by atoms with Gasteiger partial charge in [-0.15, -0.1) is 0 Å². The van der Waals surface area contributed by atoms with Crippen LogP contribution in [0.4, 0.5) is 0 Å². The molecule has 1 fully saturated rings. The molecule has 1 aliphatic rings. The quantitative estimate of drug-likeness (QED) is 0.617. The van der Waals surface area contributed by atoms with Crippen LogP contribution in [0.25, 0.3) is 0 Å². The average Bonchev–Trinajstić information content (AvgIpc) is 2.34. The maximum Gasteiger partial charge on any atom is 0.302 e. The van der Waals surface area contributed by atoms with E-state index in [1.807, 2.05) is 0 Å². The van der Waals surface area contributed by atoms with Crippen molar-refractivity contribution in [2.45, 2.75) is 45.2 Å². The van der Waals surface area contributed by atoms with Crippen LogP contribution in [-0.4, -0.2) is 29.6 Å². The Labute approximate surface area is 71.5 Å². The Balaban J connectivity index is 2.32. The highest BCUT2D eigenvalue weighted by atomic mass is 16.6. The van der Waals surface area contributed by atoms with Crippen LogP contribution in [0.5, 0.6) is 0 Å². The minimum absolute atomic E-state index is 0.149. The zero-order valence-corrected chi connectivity index (χ0v) is 7.32. The molecule has 3 atom stereocenters. The van der Waals surface area contributed by atoms with Crippen LogP contribution in [-0.2, 0) is 14.3 Å². The molecule has 1 heterocycles. The van der Waals surface area contributed by atoms with Gasteiger partial charge in [-0.1, -0.05) is 0 Å². The maximum atomic E-state index is 10.6. The summed E-state index contributed by atoms with van der Waals surface area (Å²) in [6, 6.07) is 0. The summed E-state index contributed by atoms with van der Waals surface area (Å²) < 4.78 is 10.0. The van der Waals surface area contributed by atoms with Crippen molar-refractivity contribution in [3.8, 4) is 0 Å².